The molecule has 14 heavy (non-hydrogen) atoms. The minimum absolute atomic E-state index is 0.0170. The Morgan fingerprint density at radius 1 is 1.43 bits per heavy atom. The molecule has 0 saturated heterocycles. The Morgan fingerprint density at radius 3 is 2.57 bits per heavy atom. The van der Waals surface area contributed by atoms with Gasteiger partial charge in [0, 0.05) is 29.5 Å². The summed E-state index contributed by atoms with van der Waals surface area (Å²) in [6.45, 7) is 1.74. The molecule has 0 amide bonds. The van der Waals surface area contributed by atoms with Gasteiger partial charge in [-0.2, -0.15) is 0 Å². The Labute approximate surface area is 83.2 Å². The SMILES string of the molecule is C[C@](N)(CCO)c1ccc(N)cc1O. The van der Waals surface area contributed by atoms with Gasteiger partial charge >= 0.3 is 0 Å². The molecule has 4 nitrogen and oxygen atoms in total. The second kappa shape index (κ2) is 3.86. The van der Waals surface area contributed by atoms with Crippen LogP contribution in [0.1, 0.15) is 18.9 Å². The number of phenols is 1. The number of aromatic hydroxyl groups is 1. The van der Waals surface area contributed by atoms with E-state index in [4.69, 9.17) is 16.6 Å². The Bertz CT molecular complexity index is 324. The summed E-state index contributed by atoms with van der Waals surface area (Å²) in [6, 6.07) is 4.82. The van der Waals surface area contributed by atoms with Gasteiger partial charge in [0.05, 0.1) is 0 Å². The Balaban J connectivity index is 3.06. The van der Waals surface area contributed by atoms with Gasteiger partial charge in [0.25, 0.3) is 0 Å². The summed E-state index contributed by atoms with van der Waals surface area (Å²) in [7, 11) is 0. The molecular weight excluding hydrogens is 180 g/mol. The van der Waals surface area contributed by atoms with Gasteiger partial charge in [0.15, 0.2) is 0 Å². The van der Waals surface area contributed by atoms with Crippen molar-refractivity contribution < 1.29 is 10.2 Å². The number of rotatable bonds is 3. The van der Waals surface area contributed by atoms with E-state index in [1.54, 1.807) is 19.1 Å². The first kappa shape index (κ1) is 10.8. The lowest BCUT2D eigenvalue weighted by molar-refractivity contribution is 0.245. The van der Waals surface area contributed by atoms with Gasteiger partial charge in [-0.05, 0) is 19.4 Å². The number of benzene rings is 1. The fourth-order valence-corrected chi connectivity index (χ4v) is 1.40. The van der Waals surface area contributed by atoms with Crippen molar-refractivity contribution in [2.75, 3.05) is 12.3 Å². The molecule has 4 heteroatoms. The fraction of sp³-hybridized carbons (Fsp3) is 0.400. The smallest absolute Gasteiger partial charge is 0.122 e. The molecule has 1 aromatic carbocycles. The van der Waals surface area contributed by atoms with Crippen LogP contribution in [0, 0.1) is 0 Å². The summed E-state index contributed by atoms with van der Waals surface area (Å²) < 4.78 is 0. The van der Waals surface area contributed by atoms with Crippen LogP contribution in [-0.2, 0) is 5.54 Å². The zero-order valence-electron chi connectivity index (χ0n) is 8.20. The van der Waals surface area contributed by atoms with Crippen molar-refractivity contribution in [1.82, 2.24) is 0 Å². The Hall–Kier alpha value is -1.26. The van der Waals surface area contributed by atoms with Gasteiger partial charge in [-0.25, -0.2) is 0 Å². The Morgan fingerprint density at radius 2 is 2.07 bits per heavy atom. The number of aliphatic hydroxyl groups is 1. The first-order chi connectivity index (χ1) is 6.47. The lowest BCUT2D eigenvalue weighted by atomic mass is 9.89. The number of hydrogen-bond donors (Lipinski definition) is 4. The van der Waals surface area contributed by atoms with Crippen molar-refractivity contribution in [3.63, 3.8) is 0 Å². The maximum Gasteiger partial charge on any atom is 0.122 e. The van der Waals surface area contributed by atoms with Crippen LogP contribution in [0.15, 0.2) is 18.2 Å². The highest BCUT2D eigenvalue weighted by Gasteiger charge is 2.23. The second-order valence-corrected chi connectivity index (χ2v) is 3.67. The first-order valence-corrected chi connectivity index (χ1v) is 4.46. The van der Waals surface area contributed by atoms with E-state index >= 15 is 0 Å². The highest BCUT2D eigenvalue weighted by molar-refractivity contribution is 5.49. The zero-order valence-corrected chi connectivity index (χ0v) is 8.20. The van der Waals surface area contributed by atoms with Gasteiger partial charge in [0.1, 0.15) is 5.75 Å². The molecule has 0 heterocycles. The Kier molecular flexibility index (Phi) is 2.98. The van der Waals surface area contributed by atoms with E-state index in [0.29, 0.717) is 17.7 Å². The molecule has 78 valence electrons. The second-order valence-electron chi connectivity index (χ2n) is 3.67. The van der Waals surface area contributed by atoms with E-state index in [1.165, 1.54) is 6.07 Å². The lowest BCUT2D eigenvalue weighted by Crippen LogP contribution is -2.34. The van der Waals surface area contributed by atoms with Crippen LogP contribution in [0.2, 0.25) is 0 Å². The summed E-state index contributed by atoms with van der Waals surface area (Å²) in [5.41, 5.74) is 11.8. The van der Waals surface area contributed by atoms with Crippen LogP contribution in [0.25, 0.3) is 0 Å². The summed E-state index contributed by atoms with van der Waals surface area (Å²) in [5, 5.41) is 18.4. The number of nitrogen functional groups attached to an aromatic ring is 1. The third kappa shape index (κ3) is 2.16. The molecule has 0 radical (unpaired) electrons. The summed E-state index contributed by atoms with van der Waals surface area (Å²) in [4.78, 5) is 0. The quantitative estimate of drug-likeness (QED) is 0.531. The largest absolute Gasteiger partial charge is 0.508 e. The molecule has 0 unspecified atom stereocenters. The maximum absolute atomic E-state index is 9.61. The average Bonchev–Trinajstić information content (AvgIpc) is 2.02. The van der Waals surface area contributed by atoms with E-state index in [2.05, 4.69) is 0 Å². The van der Waals surface area contributed by atoms with Crippen LogP contribution < -0.4 is 11.5 Å². The number of nitrogens with two attached hydrogens (primary N) is 2. The first-order valence-electron chi connectivity index (χ1n) is 4.46. The fourth-order valence-electron chi connectivity index (χ4n) is 1.40. The highest BCUT2D eigenvalue weighted by Crippen LogP contribution is 2.30. The van der Waals surface area contributed by atoms with E-state index in [1.807, 2.05) is 0 Å². The molecule has 0 fully saturated rings. The molecule has 1 atom stereocenters. The molecule has 0 aliphatic heterocycles. The molecule has 0 saturated carbocycles. The van der Waals surface area contributed by atoms with E-state index in [9.17, 15) is 5.11 Å². The van der Waals surface area contributed by atoms with Gasteiger partial charge in [-0.1, -0.05) is 6.07 Å². The topological polar surface area (TPSA) is 92.5 Å². The number of anilines is 1. The molecule has 0 aliphatic rings. The molecule has 0 spiro atoms. The summed E-state index contributed by atoms with van der Waals surface area (Å²) in [5.74, 6) is 0.0726. The molecule has 6 N–H and O–H groups in total. The monoisotopic (exact) mass is 196 g/mol. The third-order valence-electron chi connectivity index (χ3n) is 2.27. The van der Waals surface area contributed by atoms with Crippen molar-refractivity contribution in [3.05, 3.63) is 23.8 Å². The van der Waals surface area contributed by atoms with E-state index in [-0.39, 0.29) is 12.4 Å². The van der Waals surface area contributed by atoms with Crippen LogP contribution >= 0.6 is 0 Å². The van der Waals surface area contributed by atoms with Gasteiger partial charge in [-0.3, -0.25) is 0 Å². The van der Waals surface area contributed by atoms with Crippen LogP contribution in [0.5, 0.6) is 5.75 Å². The number of phenolic OH excluding ortho intramolecular Hbond substituents is 1. The minimum Gasteiger partial charge on any atom is -0.508 e. The summed E-state index contributed by atoms with van der Waals surface area (Å²) in [6.07, 6.45) is 0.393. The van der Waals surface area contributed by atoms with Crippen LogP contribution in [0.3, 0.4) is 0 Å². The van der Waals surface area contributed by atoms with Crippen molar-refractivity contribution in [1.29, 1.82) is 0 Å². The molecule has 1 rings (SSSR count). The van der Waals surface area contributed by atoms with E-state index in [0.717, 1.165) is 0 Å². The van der Waals surface area contributed by atoms with Gasteiger partial charge < -0.3 is 21.7 Å². The molecule has 0 aromatic heterocycles. The zero-order chi connectivity index (χ0) is 10.8. The highest BCUT2D eigenvalue weighted by atomic mass is 16.3. The predicted octanol–water partition coefficient (Wildman–Crippen LogP) is 0.531. The van der Waals surface area contributed by atoms with E-state index < -0.39 is 5.54 Å². The predicted molar refractivity (Wildman–Crippen MR) is 55.8 cm³/mol. The third-order valence-corrected chi connectivity index (χ3v) is 2.27. The van der Waals surface area contributed by atoms with Crippen LogP contribution in [-0.4, -0.2) is 16.8 Å². The molecule has 0 bridgehead atoms. The van der Waals surface area contributed by atoms with Gasteiger partial charge in [-0.15, -0.1) is 0 Å². The lowest BCUT2D eigenvalue weighted by Gasteiger charge is -2.25. The normalized spacial score (nSPS) is 15.1. The molecule has 1 aromatic rings. The average molecular weight is 196 g/mol. The van der Waals surface area contributed by atoms with Gasteiger partial charge in [0.2, 0.25) is 0 Å². The van der Waals surface area contributed by atoms with Crippen molar-refractivity contribution in [2.24, 2.45) is 5.73 Å². The molecular formula is C10H16N2O2. The molecule has 0 aliphatic carbocycles. The van der Waals surface area contributed by atoms with Crippen molar-refractivity contribution >= 4 is 5.69 Å². The van der Waals surface area contributed by atoms with Crippen molar-refractivity contribution in [2.45, 2.75) is 18.9 Å². The number of aliphatic hydroxyl groups excluding tert-OH is 1. The standard InChI is InChI=1S/C10H16N2O2/c1-10(12,4-5-13)8-3-2-7(11)6-9(8)14/h2-3,6,13-14H,4-5,11-12H2,1H3/t10-/m0/s1. The number of hydrogen-bond acceptors (Lipinski definition) is 4. The van der Waals surface area contributed by atoms with Crippen molar-refractivity contribution in [3.8, 4) is 5.75 Å². The summed E-state index contributed by atoms with van der Waals surface area (Å²) >= 11 is 0. The maximum atomic E-state index is 9.61. The van der Waals surface area contributed by atoms with Crippen LogP contribution in [0.4, 0.5) is 5.69 Å². The minimum atomic E-state index is -0.730.